The fourth-order valence-electron chi connectivity index (χ4n) is 2.69. The van der Waals surface area contributed by atoms with E-state index in [1.807, 2.05) is 36.2 Å². The van der Waals surface area contributed by atoms with Crippen molar-refractivity contribution in [2.75, 3.05) is 12.8 Å². The highest BCUT2D eigenvalue weighted by Gasteiger charge is 2.28. The second-order valence-corrected chi connectivity index (χ2v) is 5.28. The number of nitrogens with two attached hydrogens (primary N) is 1. The molecular weight excluding hydrogens is 224 g/mol. The van der Waals surface area contributed by atoms with Crippen LogP contribution in [0.2, 0.25) is 0 Å². The van der Waals surface area contributed by atoms with Gasteiger partial charge in [0.15, 0.2) is 0 Å². The molecule has 0 bridgehead atoms. The standard InChI is InChI=1S/C15H22N2O/c1-11(13-8-5-9-14(16)10-13)17(2)15(18)12-6-3-4-7-12/h5,8-12H,3-4,6-7,16H2,1-2H3. The number of carbonyl (C=O) groups is 1. The number of amides is 1. The molecule has 1 saturated carbocycles. The van der Waals surface area contributed by atoms with E-state index in [1.54, 1.807) is 0 Å². The van der Waals surface area contributed by atoms with Crippen LogP contribution in [0.15, 0.2) is 24.3 Å². The number of nitrogens with zero attached hydrogens (tertiary/aromatic N) is 1. The van der Waals surface area contributed by atoms with Crippen LogP contribution in [0, 0.1) is 5.92 Å². The minimum Gasteiger partial charge on any atom is -0.399 e. The fraction of sp³-hybridized carbons (Fsp3) is 0.533. The van der Waals surface area contributed by atoms with Crippen LogP contribution in [0.4, 0.5) is 5.69 Å². The molecule has 0 aliphatic heterocycles. The normalized spacial score (nSPS) is 17.7. The highest BCUT2D eigenvalue weighted by Crippen LogP contribution is 2.29. The Balaban J connectivity index is 2.08. The van der Waals surface area contributed by atoms with Gasteiger partial charge in [0.25, 0.3) is 0 Å². The summed E-state index contributed by atoms with van der Waals surface area (Å²) in [5, 5.41) is 0. The van der Waals surface area contributed by atoms with Crippen LogP contribution in [0.25, 0.3) is 0 Å². The summed E-state index contributed by atoms with van der Waals surface area (Å²) in [5.41, 5.74) is 7.64. The maximum atomic E-state index is 12.3. The van der Waals surface area contributed by atoms with Gasteiger partial charge in [-0.05, 0) is 37.5 Å². The van der Waals surface area contributed by atoms with Crippen molar-refractivity contribution in [1.82, 2.24) is 4.90 Å². The predicted octanol–water partition coefficient (Wildman–Crippen LogP) is 2.98. The van der Waals surface area contributed by atoms with E-state index in [4.69, 9.17) is 5.73 Å². The average Bonchev–Trinajstić information content (AvgIpc) is 2.90. The van der Waals surface area contributed by atoms with Gasteiger partial charge in [0, 0.05) is 18.7 Å². The van der Waals surface area contributed by atoms with E-state index in [-0.39, 0.29) is 17.9 Å². The summed E-state index contributed by atoms with van der Waals surface area (Å²) in [4.78, 5) is 14.2. The van der Waals surface area contributed by atoms with Gasteiger partial charge in [0.2, 0.25) is 5.91 Å². The maximum Gasteiger partial charge on any atom is 0.225 e. The van der Waals surface area contributed by atoms with Gasteiger partial charge in [-0.3, -0.25) is 4.79 Å². The molecule has 1 aliphatic carbocycles. The summed E-state index contributed by atoms with van der Waals surface area (Å²) in [5.74, 6) is 0.515. The van der Waals surface area contributed by atoms with Gasteiger partial charge in [-0.25, -0.2) is 0 Å². The highest BCUT2D eigenvalue weighted by molar-refractivity contribution is 5.79. The first-order valence-corrected chi connectivity index (χ1v) is 6.71. The summed E-state index contributed by atoms with van der Waals surface area (Å²) >= 11 is 0. The molecule has 18 heavy (non-hydrogen) atoms. The lowest BCUT2D eigenvalue weighted by atomic mass is 10.0. The summed E-state index contributed by atoms with van der Waals surface area (Å²) in [6.07, 6.45) is 4.48. The number of hydrogen-bond acceptors (Lipinski definition) is 2. The van der Waals surface area contributed by atoms with Gasteiger partial charge in [0.1, 0.15) is 0 Å². The summed E-state index contributed by atoms with van der Waals surface area (Å²) in [6, 6.07) is 7.87. The van der Waals surface area contributed by atoms with Crippen molar-refractivity contribution in [3.63, 3.8) is 0 Å². The summed E-state index contributed by atoms with van der Waals surface area (Å²) in [6.45, 7) is 2.06. The van der Waals surface area contributed by atoms with Crippen molar-refractivity contribution >= 4 is 11.6 Å². The molecule has 1 fully saturated rings. The molecule has 1 amide bonds. The monoisotopic (exact) mass is 246 g/mol. The average molecular weight is 246 g/mol. The molecule has 98 valence electrons. The molecule has 3 heteroatoms. The summed E-state index contributed by atoms with van der Waals surface area (Å²) in [7, 11) is 1.90. The maximum absolute atomic E-state index is 12.3. The first kappa shape index (κ1) is 12.9. The van der Waals surface area contributed by atoms with E-state index in [1.165, 1.54) is 12.8 Å². The third-order valence-electron chi connectivity index (χ3n) is 4.03. The molecule has 0 heterocycles. The number of rotatable bonds is 3. The van der Waals surface area contributed by atoms with E-state index < -0.39 is 0 Å². The Bertz CT molecular complexity index is 424. The molecule has 2 N–H and O–H groups in total. The van der Waals surface area contributed by atoms with Crippen LogP contribution >= 0.6 is 0 Å². The van der Waals surface area contributed by atoms with E-state index in [9.17, 15) is 4.79 Å². The van der Waals surface area contributed by atoms with Crippen molar-refractivity contribution in [1.29, 1.82) is 0 Å². The largest absolute Gasteiger partial charge is 0.399 e. The molecule has 3 nitrogen and oxygen atoms in total. The zero-order chi connectivity index (χ0) is 13.1. The number of anilines is 1. The van der Waals surface area contributed by atoms with Crippen LogP contribution < -0.4 is 5.73 Å². The molecule has 0 spiro atoms. The SMILES string of the molecule is CC(c1cccc(N)c1)N(C)C(=O)C1CCCC1. The molecule has 1 aromatic rings. The minimum absolute atomic E-state index is 0.0848. The van der Waals surface area contributed by atoms with Crippen molar-refractivity contribution in [2.24, 2.45) is 5.92 Å². The van der Waals surface area contributed by atoms with Crippen LogP contribution in [0.1, 0.15) is 44.2 Å². The summed E-state index contributed by atoms with van der Waals surface area (Å²) < 4.78 is 0. The third-order valence-corrected chi connectivity index (χ3v) is 4.03. The molecule has 1 aromatic carbocycles. The van der Waals surface area contributed by atoms with Crippen molar-refractivity contribution in [3.05, 3.63) is 29.8 Å². The van der Waals surface area contributed by atoms with E-state index >= 15 is 0 Å². The zero-order valence-electron chi connectivity index (χ0n) is 11.2. The lowest BCUT2D eigenvalue weighted by Gasteiger charge is -2.28. The first-order valence-electron chi connectivity index (χ1n) is 6.71. The zero-order valence-corrected chi connectivity index (χ0v) is 11.2. The molecule has 1 atom stereocenters. The van der Waals surface area contributed by atoms with E-state index in [0.29, 0.717) is 0 Å². The van der Waals surface area contributed by atoms with Gasteiger partial charge in [0.05, 0.1) is 6.04 Å². The second kappa shape index (κ2) is 5.42. The fourth-order valence-corrected chi connectivity index (χ4v) is 2.69. The topological polar surface area (TPSA) is 46.3 Å². The van der Waals surface area contributed by atoms with E-state index in [2.05, 4.69) is 6.92 Å². The minimum atomic E-state index is 0.0848. The molecule has 1 aliphatic rings. The van der Waals surface area contributed by atoms with Crippen LogP contribution in [-0.2, 0) is 4.79 Å². The lowest BCUT2D eigenvalue weighted by molar-refractivity contribution is -0.135. The highest BCUT2D eigenvalue weighted by atomic mass is 16.2. The molecule has 2 rings (SSSR count). The Hall–Kier alpha value is -1.51. The molecule has 0 saturated heterocycles. The van der Waals surface area contributed by atoms with Crippen molar-refractivity contribution in [3.8, 4) is 0 Å². The molecular formula is C15H22N2O. The Morgan fingerprint density at radius 2 is 2.06 bits per heavy atom. The van der Waals surface area contributed by atoms with Gasteiger partial charge in [-0.1, -0.05) is 25.0 Å². The molecule has 1 unspecified atom stereocenters. The van der Waals surface area contributed by atoms with Crippen molar-refractivity contribution in [2.45, 2.75) is 38.6 Å². The molecule has 0 radical (unpaired) electrons. The number of nitrogen functional groups attached to an aromatic ring is 1. The number of hydrogen-bond donors (Lipinski definition) is 1. The van der Waals surface area contributed by atoms with Gasteiger partial charge >= 0.3 is 0 Å². The Labute approximate surface area is 109 Å². The number of carbonyl (C=O) groups excluding carboxylic acids is 1. The van der Waals surface area contributed by atoms with Crippen LogP contribution in [-0.4, -0.2) is 17.9 Å². The lowest BCUT2D eigenvalue weighted by Crippen LogP contribution is -2.34. The Morgan fingerprint density at radius 1 is 1.39 bits per heavy atom. The van der Waals surface area contributed by atoms with Gasteiger partial charge < -0.3 is 10.6 Å². The number of benzene rings is 1. The van der Waals surface area contributed by atoms with Gasteiger partial charge in [-0.15, -0.1) is 0 Å². The second-order valence-electron chi connectivity index (χ2n) is 5.28. The Kier molecular flexibility index (Phi) is 3.90. The Morgan fingerprint density at radius 3 is 2.67 bits per heavy atom. The van der Waals surface area contributed by atoms with E-state index in [0.717, 1.165) is 24.1 Å². The smallest absolute Gasteiger partial charge is 0.225 e. The third kappa shape index (κ3) is 2.66. The van der Waals surface area contributed by atoms with Crippen LogP contribution in [0.5, 0.6) is 0 Å². The first-order chi connectivity index (χ1) is 8.59. The van der Waals surface area contributed by atoms with Gasteiger partial charge in [-0.2, -0.15) is 0 Å². The van der Waals surface area contributed by atoms with Crippen LogP contribution in [0.3, 0.4) is 0 Å². The predicted molar refractivity (Wildman–Crippen MR) is 74.0 cm³/mol. The molecule has 0 aromatic heterocycles. The quantitative estimate of drug-likeness (QED) is 0.833. The van der Waals surface area contributed by atoms with Crippen molar-refractivity contribution < 1.29 is 4.79 Å².